The third-order valence-corrected chi connectivity index (χ3v) is 6.17. The van der Waals surface area contributed by atoms with Gasteiger partial charge in [-0.1, -0.05) is 23.2 Å². The first-order chi connectivity index (χ1) is 10.1. The van der Waals surface area contributed by atoms with Crippen LogP contribution in [0.4, 0.5) is 0 Å². The summed E-state index contributed by atoms with van der Waals surface area (Å²) in [6, 6.07) is 8.90. The molecule has 5 heteroatoms. The van der Waals surface area contributed by atoms with Crippen LogP contribution >= 0.6 is 35.0 Å². The van der Waals surface area contributed by atoms with E-state index in [1.165, 1.54) is 12.8 Å². The predicted molar refractivity (Wildman–Crippen MR) is 89.1 cm³/mol. The summed E-state index contributed by atoms with van der Waals surface area (Å²) >= 11 is 13.9. The molecule has 21 heavy (non-hydrogen) atoms. The molecule has 0 aromatic heterocycles. The lowest BCUT2D eigenvalue weighted by molar-refractivity contribution is 0.301. The number of hydrogen-bond donors (Lipinski definition) is 1. The summed E-state index contributed by atoms with van der Waals surface area (Å²) in [5, 5.41) is 14.8. The van der Waals surface area contributed by atoms with Crippen molar-refractivity contribution in [2.45, 2.75) is 60.3 Å². The van der Waals surface area contributed by atoms with E-state index in [9.17, 15) is 5.26 Å². The summed E-state index contributed by atoms with van der Waals surface area (Å²) in [5.74, 6) is 0. The van der Waals surface area contributed by atoms with Crippen molar-refractivity contribution < 1.29 is 0 Å². The van der Waals surface area contributed by atoms with E-state index in [0.717, 1.165) is 30.6 Å². The fourth-order valence-corrected chi connectivity index (χ4v) is 4.68. The first kappa shape index (κ1) is 15.5. The first-order valence-corrected chi connectivity index (χ1v) is 9.04. The molecule has 0 heterocycles. The van der Waals surface area contributed by atoms with Gasteiger partial charge in [0.2, 0.25) is 0 Å². The highest BCUT2D eigenvalue weighted by atomic mass is 35.5. The van der Waals surface area contributed by atoms with Gasteiger partial charge in [0.25, 0.3) is 0 Å². The van der Waals surface area contributed by atoms with Crippen LogP contribution in [0.5, 0.6) is 0 Å². The maximum absolute atomic E-state index is 9.62. The molecule has 0 bridgehead atoms. The number of nitriles is 1. The van der Waals surface area contributed by atoms with Gasteiger partial charge in [-0.15, -0.1) is 11.8 Å². The third kappa shape index (κ3) is 3.87. The zero-order chi connectivity index (χ0) is 14.9. The van der Waals surface area contributed by atoms with Crippen LogP contribution in [0.15, 0.2) is 23.1 Å². The summed E-state index contributed by atoms with van der Waals surface area (Å²) in [6.45, 7) is 0. The Balaban J connectivity index is 1.67. The van der Waals surface area contributed by atoms with Crippen molar-refractivity contribution in [3.63, 3.8) is 0 Å². The summed E-state index contributed by atoms with van der Waals surface area (Å²) in [4.78, 5) is 1.13. The third-order valence-electron chi connectivity index (χ3n) is 4.17. The molecule has 2 aliphatic rings. The summed E-state index contributed by atoms with van der Waals surface area (Å²) in [7, 11) is 0. The van der Waals surface area contributed by atoms with Crippen molar-refractivity contribution in [3.8, 4) is 6.07 Å². The van der Waals surface area contributed by atoms with Gasteiger partial charge in [-0.2, -0.15) is 5.26 Å². The summed E-state index contributed by atoms with van der Waals surface area (Å²) in [5.41, 5.74) is -0.326. The van der Waals surface area contributed by atoms with Crippen molar-refractivity contribution in [1.29, 1.82) is 5.26 Å². The van der Waals surface area contributed by atoms with E-state index < -0.39 is 0 Å². The lowest BCUT2D eigenvalue weighted by Gasteiger charge is -2.36. The van der Waals surface area contributed by atoms with Crippen molar-refractivity contribution >= 4 is 35.0 Å². The highest BCUT2D eigenvalue weighted by molar-refractivity contribution is 8.00. The normalized spacial score (nSPS) is 29.1. The molecular formula is C16H18Cl2N2S. The Bertz CT molecular complexity index is 568. The largest absolute Gasteiger partial charge is 0.297 e. The van der Waals surface area contributed by atoms with Gasteiger partial charge in [0.15, 0.2) is 0 Å². The number of thioether (sulfide) groups is 1. The molecule has 0 amide bonds. The van der Waals surface area contributed by atoms with E-state index >= 15 is 0 Å². The molecular weight excluding hydrogens is 323 g/mol. The molecule has 2 atom stereocenters. The van der Waals surface area contributed by atoms with Crippen LogP contribution in [0, 0.1) is 11.3 Å². The van der Waals surface area contributed by atoms with Gasteiger partial charge >= 0.3 is 0 Å². The highest BCUT2D eigenvalue weighted by Gasteiger charge is 2.40. The molecule has 2 fully saturated rings. The van der Waals surface area contributed by atoms with E-state index in [1.54, 1.807) is 0 Å². The molecule has 0 aliphatic heterocycles. The molecule has 1 N–H and O–H groups in total. The average Bonchev–Trinajstić information content (AvgIpc) is 3.27. The molecule has 1 aromatic rings. The number of benzene rings is 1. The maximum Gasteiger partial charge on any atom is 0.108 e. The predicted octanol–water partition coefficient (Wildman–Crippen LogP) is 5.04. The lowest BCUT2D eigenvalue weighted by atomic mass is 9.82. The number of nitrogens with one attached hydrogen (secondary N) is 1. The Morgan fingerprint density at radius 1 is 1.24 bits per heavy atom. The fraction of sp³-hybridized carbons (Fsp3) is 0.562. The van der Waals surface area contributed by atoms with Crippen LogP contribution in [0.1, 0.15) is 38.5 Å². The Morgan fingerprint density at radius 2 is 2.05 bits per heavy atom. The second-order valence-electron chi connectivity index (χ2n) is 6.02. The van der Waals surface area contributed by atoms with Gasteiger partial charge in [0, 0.05) is 16.2 Å². The Kier molecular flexibility index (Phi) is 4.71. The first-order valence-electron chi connectivity index (χ1n) is 7.41. The van der Waals surface area contributed by atoms with E-state index in [4.69, 9.17) is 23.2 Å². The van der Waals surface area contributed by atoms with Crippen LogP contribution < -0.4 is 5.32 Å². The van der Waals surface area contributed by atoms with Gasteiger partial charge in [-0.05, 0) is 56.7 Å². The van der Waals surface area contributed by atoms with Gasteiger partial charge < -0.3 is 0 Å². The molecule has 3 rings (SSSR count). The van der Waals surface area contributed by atoms with Crippen LogP contribution in [0.2, 0.25) is 10.0 Å². The average molecular weight is 341 g/mol. The van der Waals surface area contributed by atoms with Crippen LogP contribution in [-0.2, 0) is 0 Å². The SMILES string of the molecule is N#CC1(NC2CC2)CCCC(Sc2ccc(Cl)c(Cl)c2)C1. The smallest absolute Gasteiger partial charge is 0.108 e. The molecule has 2 saturated carbocycles. The van der Waals surface area contributed by atoms with E-state index in [0.29, 0.717) is 21.3 Å². The summed E-state index contributed by atoms with van der Waals surface area (Å²) in [6.07, 6.45) is 6.57. The standard InChI is InChI=1S/C16H18Cl2N2S/c17-14-6-5-12(8-15(14)18)21-13-2-1-7-16(9-13,10-19)20-11-3-4-11/h5-6,8,11,13,20H,1-4,7,9H2. The number of rotatable bonds is 4. The second-order valence-corrected chi connectivity index (χ2v) is 8.21. The fourth-order valence-electron chi connectivity index (χ4n) is 2.95. The van der Waals surface area contributed by atoms with E-state index in [2.05, 4.69) is 11.4 Å². The minimum absolute atomic E-state index is 0.326. The second kappa shape index (κ2) is 6.38. The van der Waals surface area contributed by atoms with Crippen molar-refractivity contribution in [2.75, 3.05) is 0 Å². The molecule has 0 radical (unpaired) electrons. The van der Waals surface area contributed by atoms with Crippen molar-refractivity contribution in [2.24, 2.45) is 0 Å². The molecule has 1 aromatic carbocycles. The van der Waals surface area contributed by atoms with Crippen molar-refractivity contribution in [3.05, 3.63) is 28.2 Å². The monoisotopic (exact) mass is 340 g/mol. The molecule has 112 valence electrons. The topological polar surface area (TPSA) is 35.8 Å². The minimum Gasteiger partial charge on any atom is -0.297 e. The zero-order valence-electron chi connectivity index (χ0n) is 11.7. The minimum atomic E-state index is -0.326. The number of halogens is 2. The van der Waals surface area contributed by atoms with Gasteiger partial charge in [-0.3, -0.25) is 5.32 Å². The lowest BCUT2D eigenvalue weighted by Crippen LogP contribution is -2.49. The Labute approximate surface area is 140 Å². The Hall–Kier alpha value is -0.400. The number of hydrogen-bond acceptors (Lipinski definition) is 3. The molecule has 2 unspecified atom stereocenters. The van der Waals surface area contributed by atoms with Crippen LogP contribution in [0.25, 0.3) is 0 Å². The zero-order valence-corrected chi connectivity index (χ0v) is 14.1. The van der Waals surface area contributed by atoms with Crippen LogP contribution in [-0.4, -0.2) is 16.8 Å². The maximum atomic E-state index is 9.62. The molecule has 0 saturated heterocycles. The van der Waals surface area contributed by atoms with Gasteiger partial charge in [-0.25, -0.2) is 0 Å². The molecule has 0 spiro atoms. The quantitative estimate of drug-likeness (QED) is 0.833. The Morgan fingerprint density at radius 3 is 2.71 bits per heavy atom. The number of nitrogens with zero attached hydrogens (tertiary/aromatic N) is 1. The van der Waals surface area contributed by atoms with E-state index in [1.807, 2.05) is 30.0 Å². The molecule has 2 nitrogen and oxygen atoms in total. The van der Waals surface area contributed by atoms with E-state index in [-0.39, 0.29) is 5.54 Å². The van der Waals surface area contributed by atoms with Gasteiger partial charge in [0.05, 0.1) is 16.1 Å². The van der Waals surface area contributed by atoms with Crippen molar-refractivity contribution in [1.82, 2.24) is 5.32 Å². The van der Waals surface area contributed by atoms with Crippen LogP contribution in [0.3, 0.4) is 0 Å². The highest BCUT2D eigenvalue weighted by Crippen LogP contribution is 2.40. The summed E-state index contributed by atoms with van der Waals surface area (Å²) < 4.78 is 0. The van der Waals surface area contributed by atoms with Gasteiger partial charge in [0.1, 0.15) is 5.54 Å². The molecule has 2 aliphatic carbocycles.